The average molecular weight is 211 g/mol. The van der Waals surface area contributed by atoms with E-state index in [-0.39, 0.29) is 11.7 Å². The lowest BCUT2D eigenvalue weighted by atomic mass is 9.86. The fourth-order valence-corrected chi connectivity index (χ4v) is 1.91. The molecule has 1 aliphatic rings. The van der Waals surface area contributed by atoms with Gasteiger partial charge in [0.1, 0.15) is 5.92 Å². The zero-order valence-electron chi connectivity index (χ0n) is 9.28. The summed E-state index contributed by atoms with van der Waals surface area (Å²) in [5.41, 5.74) is 0. The Bertz CT molecular complexity index is 282. The second kappa shape index (κ2) is 5.05. The lowest BCUT2D eigenvalue weighted by Crippen LogP contribution is -2.43. The molecule has 0 N–H and O–H groups in total. The molecule has 0 radical (unpaired) electrons. The molecule has 1 saturated carbocycles. The highest BCUT2D eigenvalue weighted by Crippen LogP contribution is 2.20. The maximum absolute atomic E-state index is 11.9. The Morgan fingerprint density at radius 3 is 2.47 bits per heavy atom. The van der Waals surface area contributed by atoms with Gasteiger partial charge in [0.15, 0.2) is 5.78 Å². The Morgan fingerprint density at radius 2 is 1.93 bits per heavy atom. The summed E-state index contributed by atoms with van der Waals surface area (Å²) in [6, 6.07) is 0. The molecule has 0 heterocycles. The molecule has 0 bridgehead atoms. The first kappa shape index (κ1) is 11.9. The Kier molecular flexibility index (Phi) is 4.00. The zero-order chi connectivity index (χ0) is 11.4. The Morgan fingerprint density at radius 1 is 1.33 bits per heavy atom. The van der Waals surface area contributed by atoms with Crippen molar-refractivity contribution in [1.29, 1.82) is 0 Å². The summed E-state index contributed by atoms with van der Waals surface area (Å²) in [5.74, 6) is -1.76. The minimum absolute atomic E-state index is 0.182. The number of hydrogen-bond acceptors (Lipinski definition) is 3. The second-order valence-electron chi connectivity index (χ2n) is 3.74. The summed E-state index contributed by atoms with van der Waals surface area (Å²) in [6.45, 7) is 4.92. The molecule has 0 spiro atoms. The van der Waals surface area contributed by atoms with Crippen LogP contribution in [-0.4, -0.2) is 35.5 Å². The van der Waals surface area contributed by atoms with Crippen LogP contribution in [0.1, 0.15) is 33.1 Å². The van der Waals surface area contributed by atoms with Crippen LogP contribution in [0.2, 0.25) is 0 Å². The van der Waals surface area contributed by atoms with Gasteiger partial charge < -0.3 is 4.90 Å². The fraction of sp³-hybridized carbons (Fsp3) is 0.727. The largest absolute Gasteiger partial charge is 0.343 e. The molecule has 84 valence electrons. The van der Waals surface area contributed by atoms with Gasteiger partial charge in [0.2, 0.25) is 11.7 Å². The van der Waals surface area contributed by atoms with E-state index in [4.69, 9.17) is 0 Å². The van der Waals surface area contributed by atoms with E-state index in [0.29, 0.717) is 32.4 Å². The molecule has 1 aliphatic carbocycles. The second-order valence-corrected chi connectivity index (χ2v) is 3.74. The first-order valence-electron chi connectivity index (χ1n) is 5.47. The van der Waals surface area contributed by atoms with Gasteiger partial charge in [0.05, 0.1) is 0 Å². The summed E-state index contributed by atoms with van der Waals surface area (Å²) in [7, 11) is 0. The van der Waals surface area contributed by atoms with E-state index in [1.54, 1.807) is 4.90 Å². The van der Waals surface area contributed by atoms with Crippen LogP contribution in [0.5, 0.6) is 0 Å². The molecule has 1 unspecified atom stereocenters. The van der Waals surface area contributed by atoms with Crippen LogP contribution < -0.4 is 0 Å². The molecular weight excluding hydrogens is 194 g/mol. The smallest absolute Gasteiger partial charge is 0.233 e. The number of Topliss-reactive ketones (excluding diaryl/α,β-unsaturated/α-hetero) is 2. The number of carbonyl (C=O) groups excluding carboxylic acids is 3. The number of hydrogen-bond donors (Lipinski definition) is 0. The van der Waals surface area contributed by atoms with Gasteiger partial charge in [0, 0.05) is 19.5 Å². The van der Waals surface area contributed by atoms with E-state index >= 15 is 0 Å². The molecule has 0 aromatic rings. The Labute approximate surface area is 89.6 Å². The van der Waals surface area contributed by atoms with Crippen LogP contribution in [-0.2, 0) is 14.4 Å². The molecule has 0 saturated heterocycles. The van der Waals surface area contributed by atoms with Crippen molar-refractivity contribution in [3.05, 3.63) is 0 Å². The average Bonchev–Trinajstić information content (AvgIpc) is 2.23. The van der Waals surface area contributed by atoms with Crippen LogP contribution in [0, 0.1) is 5.92 Å². The predicted molar refractivity (Wildman–Crippen MR) is 55.3 cm³/mol. The lowest BCUT2D eigenvalue weighted by Gasteiger charge is -2.25. The van der Waals surface area contributed by atoms with Gasteiger partial charge in [-0.1, -0.05) is 0 Å². The third kappa shape index (κ3) is 2.43. The van der Waals surface area contributed by atoms with Crippen molar-refractivity contribution >= 4 is 17.5 Å². The molecule has 0 aromatic carbocycles. The van der Waals surface area contributed by atoms with Crippen LogP contribution in [0.15, 0.2) is 0 Å². The van der Waals surface area contributed by atoms with Gasteiger partial charge in [-0.3, -0.25) is 14.4 Å². The Balaban J connectivity index is 2.73. The van der Waals surface area contributed by atoms with Crippen molar-refractivity contribution in [3.63, 3.8) is 0 Å². The SMILES string of the molecule is CCN(CC)C(=O)C1CCCC(=O)C1=O. The number of nitrogens with zero attached hydrogens (tertiary/aromatic N) is 1. The first-order valence-corrected chi connectivity index (χ1v) is 5.47. The molecule has 1 fully saturated rings. The first-order chi connectivity index (χ1) is 7.11. The molecule has 1 amide bonds. The van der Waals surface area contributed by atoms with Crippen LogP contribution in [0.3, 0.4) is 0 Å². The quantitative estimate of drug-likeness (QED) is 0.512. The summed E-state index contributed by atoms with van der Waals surface area (Å²) in [6.07, 6.45) is 1.49. The molecule has 4 nitrogen and oxygen atoms in total. The van der Waals surface area contributed by atoms with Gasteiger partial charge in [-0.15, -0.1) is 0 Å². The summed E-state index contributed by atoms with van der Waals surface area (Å²) in [4.78, 5) is 36.2. The lowest BCUT2D eigenvalue weighted by molar-refractivity contribution is -0.148. The zero-order valence-corrected chi connectivity index (χ0v) is 9.28. The van der Waals surface area contributed by atoms with E-state index in [1.807, 2.05) is 13.8 Å². The van der Waals surface area contributed by atoms with Crippen LogP contribution in [0.4, 0.5) is 0 Å². The monoisotopic (exact) mass is 211 g/mol. The van der Waals surface area contributed by atoms with Crippen molar-refractivity contribution < 1.29 is 14.4 Å². The normalized spacial score (nSPS) is 21.6. The summed E-state index contributed by atoms with van der Waals surface area (Å²) >= 11 is 0. The number of ketones is 2. The van der Waals surface area contributed by atoms with E-state index in [2.05, 4.69) is 0 Å². The van der Waals surface area contributed by atoms with Crippen molar-refractivity contribution in [3.8, 4) is 0 Å². The van der Waals surface area contributed by atoms with Gasteiger partial charge in [-0.25, -0.2) is 0 Å². The third-order valence-corrected chi connectivity index (χ3v) is 2.86. The Hall–Kier alpha value is -1.19. The third-order valence-electron chi connectivity index (χ3n) is 2.86. The minimum Gasteiger partial charge on any atom is -0.343 e. The number of amides is 1. The molecule has 4 heteroatoms. The van der Waals surface area contributed by atoms with Crippen molar-refractivity contribution in [2.24, 2.45) is 5.92 Å². The highest BCUT2D eigenvalue weighted by Gasteiger charge is 2.36. The van der Waals surface area contributed by atoms with E-state index in [9.17, 15) is 14.4 Å². The molecule has 15 heavy (non-hydrogen) atoms. The van der Waals surface area contributed by atoms with Crippen LogP contribution in [0.25, 0.3) is 0 Å². The van der Waals surface area contributed by atoms with Crippen LogP contribution >= 0.6 is 0 Å². The summed E-state index contributed by atoms with van der Waals surface area (Å²) in [5, 5.41) is 0. The number of rotatable bonds is 3. The standard InChI is InChI=1S/C11H17NO3/c1-3-12(4-2)11(15)8-6-5-7-9(13)10(8)14/h8H,3-7H2,1-2H3. The predicted octanol–water partition coefficient (Wildman–Crippen LogP) is 0.793. The maximum Gasteiger partial charge on any atom is 0.233 e. The maximum atomic E-state index is 11.9. The van der Waals surface area contributed by atoms with E-state index in [1.165, 1.54) is 0 Å². The molecule has 0 aliphatic heterocycles. The van der Waals surface area contributed by atoms with Crippen molar-refractivity contribution in [2.45, 2.75) is 33.1 Å². The topological polar surface area (TPSA) is 54.5 Å². The molecule has 1 rings (SSSR count). The molecule has 1 atom stereocenters. The fourth-order valence-electron chi connectivity index (χ4n) is 1.91. The molecular formula is C11H17NO3. The molecule has 0 aromatic heterocycles. The van der Waals surface area contributed by atoms with Gasteiger partial charge in [-0.2, -0.15) is 0 Å². The van der Waals surface area contributed by atoms with E-state index in [0.717, 1.165) is 0 Å². The highest BCUT2D eigenvalue weighted by atomic mass is 16.2. The summed E-state index contributed by atoms with van der Waals surface area (Å²) < 4.78 is 0. The van der Waals surface area contributed by atoms with Gasteiger partial charge in [-0.05, 0) is 26.7 Å². The number of carbonyl (C=O) groups is 3. The highest BCUT2D eigenvalue weighted by molar-refractivity contribution is 6.41. The van der Waals surface area contributed by atoms with Crippen molar-refractivity contribution in [2.75, 3.05) is 13.1 Å². The van der Waals surface area contributed by atoms with Gasteiger partial charge >= 0.3 is 0 Å². The minimum atomic E-state index is -0.703. The van der Waals surface area contributed by atoms with E-state index < -0.39 is 11.7 Å². The van der Waals surface area contributed by atoms with Gasteiger partial charge in [0.25, 0.3) is 0 Å². The van der Waals surface area contributed by atoms with Crippen molar-refractivity contribution in [1.82, 2.24) is 4.90 Å².